The summed E-state index contributed by atoms with van der Waals surface area (Å²) in [6.07, 6.45) is 1.17. The molecule has 0 atom stereocenters. The normalized spacial score (nSPS) is 10.6. The molecule has 0 fully saturated rings. The Hall–Kier alpha value is -3.13. The van der Waals surface area contributed by atoms with E-state index < -0.39 is 5.56 Å². The monoisotopic (exact) mass is 395 g/mol. The lowest BCUT2D eigenvalue weighted by atomic mass is 10.1. The van der Waals surface area contributed by atoms with Gasteiger partial charge < -0.3 is 11.2 Å². The maximum atomic E-state index is 12.4. The summed E-state index contributed by atoms with van der Waals surface area (Å²) in [6.45, 7) is 2.03. The van der Waals surface area contributed by atoms with E-state index >= 15 is 0 Å². The van der Waals surface area contributed by atoms with Crippen LogP contribution < -0.4 is 16.7 Å². The molecule has 3 aromatic rings. The van der Waals surface area contributed by atoms with Crippen molar-refractivity contribution in [3.05, 3.63) is 81.8 Å². The second-order valence-electron chi connectivity index (χ2n) is 6.11. The average molecular weight is 395 g/mol. The van der Waals surface area contributed by atoms with Gasteiger partial charge in [-0.3, -0.25) is 9.59 Å². The third-order valence-corrected chi connectivity index (χ3v) is 5.09. The molecule has 1 heterocycles. The Balaban J connectivity index is 1.65. The van der Waals surface area contributed by atoms with Gasteiger partial charge >= 0.3 is 0 Å². The van der Waals surface area contributed by atoms with Crippen molar-refractivity contribution in [3.63, 3.8) is 0 Å². The van der Waals surface area contributed by atoms with Crippen LogP contribution in [0.2, 0.25) is 0 Å². The number of hydrogen-bond acceptors (Lipinski definition) is 6. The van der Waals surface area contributed by atoms with E-state index in [1.54, 1.807) is 0 Å². The Labute approximate surface area is 167 Å². The number of hydrogen-bond donors (Lipinski definition) is 2. The lowest BCUT2D eigenvalue weighted by molar-refractivity contribution is -0.113. The molecule has 0 unspecified atom stereocenters. The number of amides is 1. The van der Waals surface area contributed by atoms with Crippen LogP contribution in [-0.2, 0) is 17.6 Å². The average Bonchev–Trinajstić information content (AvgIpc) is 2.72. The standard InChI is InChI=1S/C20H21N5O2S/c1-2-15-10-6-7-11-16(15)22-18(26)13-28-20-24-23-17(19(27)25(20)21)12-14-8-4-3-5-9-14/h3-11H,2,12-13,21H2,1H3,(H,22,26). The smallest absolute Gasteiger partial charge is 0.294 e. The molecule has 8 heteroatoms. The maximum Gasteiger partial charge on any atom is 0.294 e. The van der Waals surface area contributed by atoms with E-state index in [-0.39, 0.29) is 22.5 Å². The van der Waals surface area contributed by atoms with Crippen molar-refractivity contribution in [1.82, 2.24) is 14.9 Å². The van der Waals surface area contributed by atoms with Crippen molar-refractivity contribution in [1.29, 1.82) is 0 Å². The highest BCUT2D eigenvalue weighted by Crippen LogP contribution is 2.17. The summed E-state index contributed by atoms with van der Waals surface area (Å²) in [7, 11) is 0. The molecule has 0 bridgehead atoms. The predicted molar refractivity (Wildman–Crippen MR) is 111 cm³/mol. The fourth-order valence-electron chi connectivity index (χ4n) is 2.69. The van der Waals surface area contributed by atoms with Crippen LogP contribution in [0.25, 0.3) is 0 Å². The zero-order valence-electron chi connectivity index (χ0n) is 15.5. The third kappa shape index (κ3) is 4.77. The Morgan fingerprint density at radius 3 is 2.57 bits per heavy atom. The molecule has 0 radical (unpaired) electrons. The van der Waals surface area contributed by atoms with E-state index in [1.165, 1.54) is 0 Å². The molecule has 0 saturated carbocycles. The highest BCUT2D eigenvalue weighted by molar-refractivity contribution is 7.99. The first-order valence-corrected chi connectivity index (χ1v) is 9.85. The maximum absolute atomic E-state index is 12.4. The van der Waals surface area contributed by atoms with Crippen LogP contribution in [0.15, 0.2) is 64.5 Å². The lowest BCUT2D eigenvalue weighted by Crippen LogP contribution is -2.34. The first kappa shape index (κ1) is 19.6. The molecule has 0 spiro atoms. The highest BCUT2D eigenvalue weighted by atomic mass is 32.2. The molecule has 144 valence electrons. The van der Waals surface area contributed by atoms with Crippen molar-refractivity contribution in [3.8, 4) is 0 Å². The van der Waals surface area contributed by atoms with Gasteiger partial charge in [0.2, 0.25) is 11.1 Å². The summed E-state index contributed by atoms with van der Waals surface area (Å²) in [6, 6.07) is 17.1. The first-order valence-electron chi connectivity index (χ1n) is 8.86. The summed E-state index contributed by atoms with van der Waals surface area (Å²) in [5.74, 6) is 5.74. The molecule has 7 nitrogen and oxygen atoms in total. The molecule has 0 aliphatic carbocycles. The van der Waals surface area contributed by atoms with Gasteiger partial charge in [-0.05, 0) is 23.6 Å². The van der Waals surface area contributed by atoms with Gasteiger partial charge in [-0.2, -0.15) is 4.68 Å². The van der Waals surface area contributed by atoms with Gasteiger partial charge in [0.15, 0.2) is 0 Å². The van der Waals surface area contributed by atoms with Gasteiger partial charge in [0.1, 0.15) is 5.69 Å². The second-order valence-corrected chi connectivity index (χ2v) is 7.06. The van der Waals surface area contributed by atoms with E-state index in [4.69, 9.17) is 5.84 Å². The van der Waals surface area contributed by atoms with Crippen molar-refractivity contribution < 1.29 is 4.79 Å². The second kappa shape index (κ2) is 9.18. The van der Waals surface area contributed by atoms with Gasteiger partial charge in [0.05, 0.1) is 5.75 Å². The number of aryl methyl sites for hydroxylation is 1. The summed E-state index contributed by atoms with van der Waals surface area (Å²) in [5, 5.41) is 11.1. The number of para-hydroxylation sites is 1. The molecule has 1 amide bonds. The van der Waals surface area contributed by atoms with Crippen molar-refractivity contribution in [2.75, 3.05) is 16.9 Å². The van der Waals surface area contributed by atoms with E-state index in [2.05, 4.69) is 15.5 Å². The van der Waals surface area contributed by atoms with Crippen LogP contribution in [0.5, 0.6) is 0 Å². The summed E-state index contributed by atoms with van der Waals surface area (Å²) in [4.78, 5) is 24.7. The summed E-state index contributed by atoms with van der Waals surface area (Å²) in [5.41, 5.74) is 2.63. The number of thioether (sulfide) groups is 1. The number of nitrogens with zero attached hydrogens (tertiary/aromatic N) is 3. The minimum Gasteiger partial charge on any atom is -0.334 e. The van der Waals surface area contributed by atoms with Gasteiger partial charge in [-0.15, -0.1) is 10.2 Å². The van der Waals surface area contributed by atoms with E-state index in [1.807, 2.05) is 61.5 Å². The van der Waals surface area contributed by atoms with E-state index in [9.17, 15) is 9.59 Å². The zero-order valence-corrected chi connectivity index (χ0v) is 16.3. The molecule has 0 aliphatic heterocycles. The fraction of sp³-hybridized carbons (Fsp3) is 0.200. The number of nitrogen functional groups attached to an aromatic ring is 1. The van der Waals surface area contributed by atoms with Crippen molar-refractivity contribution in [2.45, 2.75) is 24.9 Å². The highest BCUT2D eigenvalue weighted by Gasteiger charge is 2.13. The predicted octanol–water partition coefficient (Wildman–Crippen LogP) is 2.24. The number of rotatable bonds is 7. The largest absolute Gasteiger partial charge is 0.334 e. The Morgan fingerprint density at radius 1 is 1.11 bits per heavy atom. The number of anilines is 1. The minimum atomic E-state index is -0.418. The number of nitrogens with one attached hydrogen (secondary N) is 1. The quantitative estimate of drug-likeness (QED) is 0.470. The fourth-order valence-corrected chi connectivity index (χ4v) is 3.34. The van der Waals surface area contributed by atoms with E-state index in [0.29, 0.717) is 6.42 Å². The van der Waals surface area contributed by atoms with Gasteiger partial charge in [-0.25, -0.2) is 0 Å². The van der Waals surface area contributed by atoms with Crippen molar-refractivity contribution >= 4 is 23.4 Å². The van der Waals surface area contributed by atoms with Crippen LogP contribution >= 0.6 is 11.8 Å². The third-order valence-electron chi connectivity index (χ3n) is 4.15. The number of aromatic nitrogens is 3. The van der Waals surface area contributed by atoms with Gasteiger partial charge in [-0.1, -0.05) is 67.2 Å². The van der Waals surface area contributed by atoms with Crippen LogP contribution in [0.3, 0.4) is 0 Å². The van der Waals surface area contributed by atoms with Crippen LogP contribution in [0, 0.1) is 0 Å². The van der Waals surface area contributed by atoms with Crippen LogP contribution in [-0.4, -0.2) is 26.5 Å². The number of carbonyl (C=O) groups excluding carboxylic acids is 1. The molecule has 3 N–H and O–H groups in total. The summed E-state index contributed by atoms with van der Waals surface area (Å²) >= 11 is 1.07. The van der Waals surface area contributed by atoms with E-state index in [0.717, 1.165) is 39.7 Å². The topological polar surface area (TPSA) is 103 Å². The molecular formula is C20H21N5O2S. The van der Waals surface area contributed by atoms with Gasteiger partial charge in [0, 0.05) is 12.1 Å². The molecule has 3 rings (SSSR count). The number of carbonyl (C=O) groups is 1. The SMILES string of the molecule is CCc1ccccc1NC(=O)CSc1nnc(Cc2ccccc2)c(=O)n1N. The van der Waals surface area contributed by atoms with Crippen LogP contribution in [0.1, 0.15) is 23.7 Å². The molecule has 1 aromatic heterocycles. The Kier molecular flexibility index (Phi) is 6.44. The molecule has 0 aliphatic rings. The molecular weight excluding hydrogens is 374 g/mol. The Morgan fingerprint density at radius 2 is 1.82 bits per heavy atom. The van der Waals surface area contributed by atoms with Gasteiger partial charge in [0.25, 0.3) is 5.56 Å². The molecule has 2 aromatic carbocycles. The van der Waals surface area contributed by atoms with Crippen LogP contribution in [0.4, 0.5) is 5.69 Å². The molecule has 28 heavy (non-hydrogen) atoms. The number of benzene rings is 2. The lowest BCUT2D eigenvalue weighted by Gasteiger charge is -2.10. The Bertz CT molecular complexity index is 1020. The first-order chi connectivity index (χ1) is 13.6. The number of nitrogens with two attached hydrogens (primary N) is 1. The molecule has 0 saturated heterocycles. The minimum absolute atomic E-state index is 0.0708. The zero-order chi connectivity index (χ0) is 19.9. The summed E-state index contributed by atoms with van der Waals surface area (Å²) < 4.78 is 0.948. The van der Waals surface area contributed by atoms with Crippen molar-refractivity contribution in [2.24, 2.45) is 0 Å².